The molecular formula is C18H24N2O. The maximum Gasteiger partial charge on any atom is 0.122 e. The van der Waals surface area contributed by atoms with Crippen molar-refractivity contribution in [3.8, 4) is 5.75 Å². The molecule has 2 rings (SSSR count). The van der Waals surface area contributed by atoms with Crippen molar-refractivity contribution < 1.29 is 4.74 Å². The molecule has 2 N–H and O–H groups in total. The maximum atomic E-state index is 5.72. The summed E-state index contributed by atoms with van der Waals surface area (Å²) in [6, 6.07) is 17.0. The summed E-state index contributed by atoms with van der Waals surface area (Å²) >= 11 is 0. The molecule has 0 aliphatic rings. The Hall–Kier alpha value is -2.00. The highest BCUT2D eigenvalue weighted by molar-refractivity contribution is 5.49. The molecule has 112 valence electrons. The number of para-hydroxylation sites is 1. The topological polar surface area (TPSA) is 38.5 Å². The second-order valence-corrected chi connectivity index (χ2v) is 5.35. The molecule has 0 saturated heterocycles. The Kier molecular flexibility index (Phi) is 5.23. The van der Waals surface area contributed by atoms with E-state index in [-0.39, 0.29) is 0 Å². The SMILES string of the molecule is COc1ccccc1CC(C)N(C)c1cccc(CN)c1. The average molecular weight is 284 g/mol. The summed E-state index contributed by atoms with van der Waals surface area (Å²) in [5, 5.41) is 0. The van der Waals surface area contributed by atoms with Gasteiger partial charge >= 0.3 is 0 Å². The smallest absolute Gasteiger partial charge is 0.122 e. The van der Waals surface area contributed by atoms with Crippen LogP contribution in [0.15, 0.2) is 48.5 Å². The Labute approximate surface area is 127 Å². The molecule has 1 atom stereocenters. The highest BCUT2D eigenvalue weighted by Gasteiger charge is 2.13. The van der Waals surface area contributed by atoms with Crippen molar-refractivity contribution in [2.45, 2.75) is 25.9 Å². The van der Waals surface area contributed by atoms with Gasteiger partial charge in [-0.1, -0.05) is 30.3 Å². The van der Waals surface area contributed by atoms with Crippen molar-refractivity contribution in [3.05, 3.63) is 59.7 Å². The molecule has 3 nitrogen and oxygen atoms in total. The second-order valence-electron chi connectivity index (χ2n) is 5.35. The first kappa shape index (κ1) is 15.4. The maximum absolute atomic E-state index is 5.72. The fourth-order valence-corrected chi connectivity index (χ4v) is 2.48. The minimum absolute atomic E-state index is 0.370. The van der Waals surface area contributed by atoms with E-state index in [4.69, 9.17) is 10.5 Å². The molecular weight excluding hydrogens is 260 g/mol. The van der Waals surface area contributed by atoms with E-state index >= 15 is 0 Å². The Morgan fingerprint density at radius 1 is 1.14 bits per heavy atom. The summed E-state index contributed by atoms with van der Waals surface area (Å²) in [4.78, 5) is 2.28. The molecule has 1 unspecified atom stereocenters. The summed E-state index contributed by atoms with van der Waals surface area (Å²) in [5.41, 5.74) is 9.30. The van der Waals surface area contributed by atoms with Crippen molar-refractivity contribution in [2.24, 2.45) is 5.73 Å². The minimum Gasteiger partial charge on any atom is -0.496 e. The van der Waals surface area contributed by atoms with E-state index in [0.717, 1.165) is 17.7 Å². The molecule has 2 aromatic carbocycles. The third-order valence-corrected chi connectivity index (χ3v) is 3.92. The quantitative estimate of drug-likeness (QED) is 0.885. The lowest BCUT2D eigenvalue weighted by Crippen LogP contribution is -2.30. The van der Waals surface area contributed by atoms with Crippen LogP contribution < -0.4 is 15.4 Å². The summed E-state index contributed by atoms with van der Waals surface area (Å²) in [5.74, 6) is 0.952. The van der Waals surface area contributed by atoms with Gasteiger partial charge in [-0.25, -0.2) is 0 Å². The predicted octanol–water partition coefficient (Wildman–Crippen LogP) is 3.22. The van der Waals surface area contributed by atoms with E-state index in [1.807, 2.05) is 12.1 Å². The molecule has 0 bridgehead atoms. The number of nitrogens with two attached hydrogens (primary N) is 1. The van der Waals surface area contributed by atoms with Crippen molar-refractivity contribution >= 4 is 5.69 Å². The van der Waals surface area contributed by atoms with E-state index < -0.39 is 0 Å². The number of benzene rings is 2. The fourth-order valence-electron chi connectivity index (χ4n) is 2.48. The Morgan fingerprint density at radius 2 is 1.90 bits per heavy atom. The minimum atomic E-state index is 0.370. The van der Waals surface area contributed by atoms with Crippen LogP contribution in [0.5, 0.6) is 5.75 Å². The van der Waals surface area contributed by atoms with Crippen LogP contribution >= 0.6 is 0 Å². The van der Waals surface area contributed by atoms with Gasteiger partial charge in [-0.3, -0.25) is 0 Å². The first-order chi connectivity index (χ1) is 10.2. The fraction of sp³-hybridized carbons (Fsp3) is 0.333. The van der Waals surface area contributed by atoms with E-state index in [2.05, 4.69) is 55.3 Å². The van der Waals surface area contributed by atoms with Gasteiger partial charge in [-0.2, -0.15) is 0 Å². The van der Waals surface area contributed by atoms with Crippen molar-refractivity contribution in [2.75, 3.05) is 19.1 Å². The number of methoxy groups -OCH3 is 1. The number of hydrogen-bond donors (Lipinski definition) is 1. The van der Waals surface area contributed by atoms with Crippen LogP contribution in [0.2, 0.25) is 0 Å². The summed E-state index contributed by atoms with van der Waals surface area (Å²) < 4.78 is 5.43. The molecule has 2 aromatic rings. The molecule has 3 heteroatoms. The van der Waals surface area contributed by atoms with E-state index in [1.54, 1.807) is 7.11 Å². The molecule has 0 radical (unpaired) electrons. The molecule has 0 heterocycles. The van der Waals surface area contributed by atoms with Crippen LogP contribution in [0.4, 0.5) is 5.69 Å². The van der Waals surface area contributed by atoms with Crippen molar-refractivity contribution in [1.82, 2.24) is 0 Å². The highest BCUT2D eigenvalue weighted by Crippen LogP contribution is 2.23. The van der Waals surface area contributed by atoms with Gasteiger partial charge in [0.2, 0.25) is 0 Å². The number of nitrogens with zero attached hydrogens (tertiary/aromatic N) is 1. The Morgan fingerprint density at radius 3 is 2.62 bits per heavy atom. The van der Waals surface area contributed by atoms with Gasteiger partial charge < -0.3 is 15.4 Å². The average Bonchev–Trinajstić information content (AvgIpc) is 2.54. The van der Waals surface area contributed by atoms with Gasteiger partial charge in [0.05, 0.1) is 7.11 Å². The zero-order valence-electron chi connectivity index (χ0n) is 13.0. The van der Waals surface area contributed by atoms with Crippen molar-refractivity contribution in [3.63, 3.8) is 0 Å². The van der Waals surface area contributed by atoms with Gasteiger partial charge in [0.15, 0.2) is 0 Å². The molecule has 0 spiro atoms. The van der Waals surface area contributed by atoms with Gasteiger partial charge in [-0.05, 0) is 42.7 Å². The monoisotopic (exact) mass is 284 g/mol. The Bertz CT molecular complexity index is 583. The van der Waals surface area contributed by atoms with Crippen LogP contribution in [0.3, 0.4) is 0 Å². The van der Waals surface area contributed by atoms with Gasteiger partial charge in [0.1, 0.15) is 5.75 Å². The number of anilines is 1. The lowest BCUT2D eigenvalue weighted by molar-refractivity contribution is 0.408. The first-order valence-electron chi connectivity index (χ1n) is 7.29. The third-order valence-electron chi connectivity index (χ3n) is 3.92. The standard InChI is InChI=1S/C18H24N2O/c1-14(11-16-8-4-5-10-18(16)21-3)20(2)17-9-6-7-15(12-17)13-19/h4-10,12,14H,11,13,19H2,1-3H3. The van der Waals surface area contributed by atoms with Gasteiger partial charge in [-0.15, -0.1) is 0 Å². The van der Waals surface area contributed by atoms with Gasteiger partial charge in [0.25, 0.3) is 0 Å². The number of rotatable bonds is 6. The van der Waals surface area contributed by atoms with E-state index in [9.17, 15) is 0 Å². The molecule has 0 aromatic heterocycles. The van der Waals surface area contributed by atoms with Crippen LogP contribution in [-0.2, 0) is 13.0 Å². The van der Waals surface area contributed by atoms with E-state index in [1.165, 1.54) is 11.3 Å². The van der Waals surface area contributed by atoms with Crippen LogP contribution in [0.25, 0.3) is 0 Å². The molecule has 0 aliphatic heterocycles. The Balaban J connectivity index is 2.13. The number of ether oxygens (including phenoxy) is 1. The number of likely N-dealkylation sites (N-methyl/N-ethyl adjacent to an activating group) is 1. The highest BCUT2D eigenvalue weighted by atomic mass is 16.5. The first-order valence-corrected chi connectivity index (χ1v) is 7.29. The van der Waals surface area contributed by atoms with Crippen LogP contribution in [0.1, 0.15) is 18.1 Å². The lowest BCUT2D eigenvalue weighted by atomic mass is 10.0. The van der Waals surface area contributed by atoms with Crippen molar-refractivity contribution in [1.29, 1.82) is 0 Å². The third kappa shape index (κ3) is 3.76. The van der Waals surface area contributed by atoms with E-state index in [0.29, 0.717) is 12.6 Å². The summed E-state index contributed by atoms with van der Waals surface area (Å²) in [6.45, 7) is 2.80. The molecule has 0 aliphatic carbocycles. The molecule has 0 amide bonds. The normalized spacial score (nSPS) is 12.0. The summed E-state index contributed by atoms with van der Waals surface area (Å²) in [6.07, 6.45) is 0.938. The van der Waals surface area contributed by atoms with Crippen LogP contribution in [0, 0.1) is 0 Å². The zero-order chi connectivity index (χ0) is 15.2. The number of hydrogen-bond acceptors (Lipinski definition) is 3. The van der Waals surface area contributed by atoms with Crippen LogP contribution in [-0.4, -0.2) is 20.2 Å². The molecule has 21 heavy (non-hydrogen) atoms. The predicted molar refractivity (Wildman–Crippen MR) is 88.9 cm³/mol. The zero-order valence-corrected chi connectivity index (χ0v) is 13.0. The van der Waals surface area contributed by atoms with Gasteiger partial charge in [0, 0.05) is 25.3 Å². The largest absolute Gasteiger partial charge is 0.496 e. The second kappa shape index (κ2) is 7.14. The lowest BCUT2D eigenvalue weighted by Gasteiger charge is -2.28. The molecule has 0 fully saturated rings. The molecule has 0 saturated carbocycles. The summed E-state index contributed by atoms with van der Waals surface area (Å²) in [7, 11) is 3.84.